The van der Waals surface area contributed by atoms with E-state index in [9.17, 15) is 0 Å². The molecule has 1 unspecified atom stereocenters. The number of nitrogens with two attached hydrogens (primary N) is 1. The molecule has 0 radical (unpaired) electrons. The topological polar surface area (TPSA) is 44.5 Å². The zero-order chi connectivity index (χ0) is 13.9. The summed E-state index contributed by atoms with van der Waals surface area (Å²) in [6.45, 7) is 7.10. The van der Waals surface area contributed by atoms with Crippen molar-refractivity contribution >= 4 is 0 Å². The molecule has 3 nitrogen and oxygen atoms in total. The second kappa shape index (κ2) is 5.83. The van der Waals surface area contributed by atoms with Crippen molar-refractivity contribution in [2.45, 2.75) is 58.1 Å². The molecule has 1 atom stereocenters. The van der Waals surface area contributed by atoms with Crippen molar-refractivity contribution < 1.29 is 9.47 Å². The van der Waals surface area contributed by atoms with Crippen LogP contribution in [0, 0.1) is 0 Å². The summed E-state index contributed by atoms with van der Waals surface area (Å²) in [7, 11) is 0. The number of rotatable bonds is 5. The fourth-order valence-electron chi connectivity index (χ4n) is 2.52. The van der Waals surface area contributed by atoms with Gasteiger partial charge < -0.3 is 15.2 Å². The standard InChI is InChI=1S/C16H25NO2/c1-4-5-6-9-18-12-7-8-13-14(17)11-16(2,3)19-15(13)10-12/h7-8,10,14H,4-6,9,11,17H2,1-3H3. The highest BCUT2D eigenvalue weighted by Gasteiger charge is 2.31. The second-order valence-corrected chi connectivity index (χ2v) is 5.93. The van der Waals surface area contributed by atoms with Gasteiger partial charge >= 0.3 is 0 Å². The van der Waals surface area contributed by atoms with Crippen LogP contribution in [-0.4, -0.2) is 12.2 Å². The molecule has 0 aromatic heterocycles. The molecule has 106 valence electrons. The highest BCUT2D eigenvalue weighted by atomic mass is 16.5. The van der Waals surface area contributed by atoms with Gasteiger partial charge in [-0.05, 0) is 26.3 Å². The van der Waals surface area contributed by atoms with Gasteiger partial charge in [0.2, 0.25) is 0 Å². The Morgan fingerprint density at radius 2 is 2.16 bits per heavy atom. The minimum atomic E-state index is -0.201. The highest BCUT2D eigenvalue weighted by molar-refractivity contribution is 5.44. The first-order valence-electron chi connectivity index (χ1n) is 7.23. The molecule has 0 bridgehead atoms. The predicted octanol–water partition coefficient (Wildman–Crippen LogP) is 3.82. The summed E-state index contributed by atoms with van der Waals surface area (Å²) in [5.74, 6) is 1.75. The summed E-state index contributed by atoms with van der Waals surface area (Å²) >= 11 is 0. The number of ether oxygens (including phenoxy) is 2. The summed E-state index contributed by atoms with van der Waals surface area (Å²) in [4.78, 5) is 0. The maximum Gasteiger partial charge on any atom is 0.128 e. The minimum absolute atomic E-state index is 0.0490. The molecule has 1 heterocycles. The normalized spacial score (nSPS) is 20.5. The van der Waals surface area contributed by atoms with E-state index in [1.165, 1.54) is 12.8 Å². The molecule has 1 aromatic carbocycles. The average molecular weight is 263 g/mol. The molecule has 1 aromatic rings. The van der Waals surface area contributed by atoms with Gasteiger partial charge in [0.1, 0.15) is 17.1 Å². The summed E-state index contributed by atoms with van der Waals surface area (Å²) in [6, 6.07) is 6.05. The lowest BCUT2D eigenvalue weighted by Gasteiger charge is -2.36. The van der Waals surface area contributed by atoms with E-state index >= 15 is 0 Å². The lowest BCUT2D eigenvalue weighted by molar-refractivity contribution is 0.0724. The quantitative estimate of drug-likeness (QED) is 0.821. The number of hydrogen-bond acceptors (Lipinski definition) is 3. The molecule has 19 heavy (non-hydrogen) atoms. The van der Waals surface area contributed by atoms with Crippen molar-refractivity contribution in [1.82, 2.24) is 0 Å². The molecule has 0 spiro atoms. The summed E-state index contributed by atoms with van der Waals surface area (Å²) in [6.07, 6.45) is 4.36. The zero-order valence-electron chi connectivity index (χ0n) is 12.2. The number of unbranched alkanes of at least 4 members (excludes halogenated alkanes) is 2. The van der Waals surface area contributed by atoms with Crippen molar-refractivity contribution in [2.75, 3.05) is 6.61 Å². The fourth-order valence-corrected chi connectivity index (χ4v) is 2.52. The molecule has 1 aliphatic rings. The van der Waals surface area contributed by atoms with Crippen LogP contribution in [0.5, 0.6) is 11.5 Å². The maximum absolute atomic E-state index is 6.19. The van der Waals surface area contributed by atoms with E-state index in [-0.39, 0.29) is 11.6 Å². The van der Waals surface area contributed by atoms with E-state index in [1.807, 2.05) is 18.2 Å². The summed E-state index contributed by atoms with van der Waals surface area (Å²) in [5.41, 5.74) is 7.07. The van der Waals surface area contributed by atoms with Crippen LogP contribution in [0.15, 0.2) is 18.2 Å². The van der Waals surface area contributed by atoms with Crippen molar-refractivity contribution in [2.24, 2.45) is 5.73 Å². The molecule has 0 saturated carbocycles. The van der Waals surface area contributed by atoms with Gasteiger partial charge in [-0.15, -0.1) is 0 Å². The molecule has 2 N–H and O–H groups in total. The van der Waals surface area contributed by atoms with Gasteiger partial charge in [-0.1, -0.05) is 25.8 Å². The van der Waals surface area contributed by atoms with Gasteiger partial charge in [0.25, 0.3) is 0 Å². The average Bonchev–Trinajstić information content (AvgIpc) is 2.32. The summed E-state index contributed by atoms with van der Waals surface area (Å²) in [5, 5.41) is 0. The maximum atomic E-state index is 6.19. The van der Waals surface area contributed by atoms with Gasteiger partial charge in [0, 0.05) is 24.1 Å². The van der Waals surface area contributed by atoms with E-state index in [2.05, 4.69) is 20.8 Å². The second-order valence-electron chi connectivity index (χ2n) is 5.93. The van der Waals surface area contributed by atoms with E-state index in [0.717, 1.165) is 36.5 Å². The largest absolute Gasteiger partial charge is 0.493 e. The first-order chi connectivity index (χ1) is 9.02. The van der Waals surface area contributed by atoms with Crippen molar-refractivity contribution in [3.8, 4) is 11.5 Å². The Kier molecular flexibility index (Phi) is 4.35. The summed E-state index contributed by atoms with van der Waals surface area (Å²) < 4.78 is 11.8. The lowest BCUT2D eigenvalue weighted by Crippen LogP contribution is -2.37. The Morgan fingerprint density at radius 3 is 2.89 bits per heavy atom. The Labute approximate surface area is 116 Å². The van der Waals surface area contributed by atoms with E-state index in [0.29, 0.717) is 0 Å². The number of benzene rings is 1. The fraction of sp³-hybridized carbons (Fsp3) is 0.625. The van der Waals surface area contributed by atoms with Crippen LogP contribution in [-0.2, 0) is 0 Å². The first-order valence-corrected chi connectivity index (χ1v) is 7.23. The Bertz CT molecular complexity index is 429. The molecular formula is C16H25NO2. The molecule has 2 rings (SSSR count). The highest BCUT2D eigenvalue weighted by Crippen LogP contribution is 2.39. The van der Waals surface area contributed by atoms with Crippen molar-refractivity contribution in [3.63, 3.8) is 0 Å². The van der Waals surface area contributed by atoms with Gasteiger partial charge in [0.15, 0.2) is 0 Å². The van der Waals surface area contributed by atoms with Crippen LogP contribution >= 0.6 is 0 Å². The van der Waals surface area contributed by atoms with Crippen LogP contribution in [0.2, 0.25) is 0 Å². The number of fused-ring (bicyclic) bond motifs is 1. The third kappa shape index (κ3) is 3.63. The van der Waals surface area contributed by atoms with Crippen LogP contribution in [0.3, 0.4) is 0 Å². The number of hydrogen-bond donors (Lipinski definition) is 1. The van der Waals surface area contributed by atoms with Crippen LogP contribution < -0.4 is 15.2 Å². The van der Waals surface area contributed by atoms with Crippen LogP contribution in [0.4, 0.5) is 0 Å². The van der Waals surface area contributed by atoms with E-state index < -0.39 is 0 Å². The molecule has 0 aliphatic carbocycles. The Hall–Kier alpha value is -1.22. The molecule has 0 saturated heterocycles. The molecular weight excluding hydrogens is 238 g/mol. The zero-order valence-corrected chi connectivity index (χ0v) is 12.2. The monoisotopic (exact) mass is 263 g/mol. The van der Waals surface area contributed by atoms with Gasteiger partial charge in [0.05, 0.1) is 6.61 Å². The van der Waals surface area contributed by atoms with Crippen molar-refractivity contribution in [3.05, 3.63) is 23.8 Å². The van der Waals surface area contributed by atoms with Gasteiger partial charge in [-0.2, -0.15) is 0 Å². The third-order valence-electron chi connectivity index (χ3n) is 3.50. The first kappa shape index (κ1) is 14.2. The molecule has 3 heteroatoms. The Morgan fingerprint density at radius 1 is 1.37 bits per heavy atom. The molecule has 0 fully saturated rings. The Balaban J connectivity index is 2.06. The smallest absolute Gasteiger partial charge is 0.128 e. The van der Waals surface area contributed by atoms with E-state index in [4.69, 9.17) is 15.2 Å². The predicted molar refractivity (Wildman–Crippen MR) is 77.7 cm³/mol. The SMILES string of the molecule is CCCCCOc1ccc2c(c1)OC(C)(C)CC2N. The van der Waals surface area contributed by atoms with Crippen LogP contribution in [0.1, 0.15) is 58.1 Å². The molecule has 1 aliphatic heterocycles. The van der Waals surface area contributed by atoms with Gasteiger partial charge in [-0.3, -0.25) is 0 Å². The lowest BCUT2D eigenvalue weighted by atomic mass is 9.90. The van der Waals surface area contributed by atoms with Crippen LogP contribution in [0.25, 0.3) is 0 Å². The van der Waals surface area contributed by atoms with Crippen molar-refractivity contribution in [1.29, 1.82) is 0 Å². The minimum Gasteiger partial charge on any atom is -0.493 e. The third-order valence-corrected chi connectivity index (χ3v) is 3.50. The van der Waals surface area contributed by atoms with E-state index in [1.54, 1.807) is 0 Å². The van der Waals surface area contributed by atoms with Gasteiger partial charge in [-0.25, -0.2) is 0 Å². The molecule has 0 amide bonds.